The van der Waals surface area contributed by atoms with Crippen LogP contribution < -0.4 is 10.5 Å². The summed E-state index contributed by atoms with van der Waals surface area (Å²) in [5.41, 5.74) is -0.0693. The van der Waals surface area contributed by atoms with Crippen molar-refractivity contribution in [2.75, 3.05) is 31.7 Å². The minimum absolute atomic E-state index is 0.0693. The van der Waals surface area contributed by atoms with Crippen LogP contribution in [-0.4, -0.2) is 36.8 Å². The van der Waals surface area contributed by atoms with E-state index in [9.17, 15) is 4.79 Å². The van der Waals surface area contributed by atoms with E-state index in [1.54, 1.807) is 0 Å². The second-order valence-electron chi connectivity index (χ2n) is 4.38. The van der Waals surface area contributed by atoms with Crippen LogP contribution in [0.5, 0.6) is 0 Å². The summed E-state index contributed by atoms with van der Waals surface area (Å²) in [4.78, 5) is 20.8. The Bertz CT molecular complexity index is 426. The zero-order chi connectivity index (χ0) is 12.3. The summed E-state index contributed by atoms with van der Waals surface area (Å²) in [6.45, 7) is 4.08. The molecule has 1 N–H and O–H groups in total. The molecule has 1 aromatic heterocycles. The lowest BCUT2D eigenvalue weighted by Crippen LogP contribution is -2.26. The molecule has 1 saturated carbocycles. The van der Waals surface area contributed by atoms with E-state index in [4.69, 9.17) is 4.74 Å². The molecule has 0 bridgehead atoms. The van der Waals surface area contributed by atoms with E-state index in [1.807, 2.05) is 18.9 Å². The molecule has 1 fully saturated rings. The largest absolute Gasteiger partial charge is 0.380 e. The number of likely N-dealkylation sites (N-methyl/N-ethyl adjacent to an activating group) is 1. The van der Waals surface area contributed by atoms with Gasteiger partial charge in [0, 0.05) is 32.2 Å². The van der Waals surface area contributed by atoms with Gasteiger partial charge >= 0.3 is 0 Å². The summed E-state index contributed by atoms with van der Waals surface area (Å²) in [7, 11) is 1.93. The highest BCUT2D eigenvalue weighted by Gasteiger charge is 2.26. The fraction of sp³-hybridized carbons (Fsp3) is 0.667. The number of nitrogens with one attached hydrogen (secondary N) is 1. The van der Waals surface area contributed by atoms with Crippen molar-refractivity contribution in [3.05, 3.63) is 22.2 Å². The van der Waals surface area contributed by atoms with E-state index >= 15 is 0 Å². The van der Waals surface area contributed by atoms with Gasteiger partial charge in [0.25, 0.3) is 5.56 Å². The Morgan fingerprint density at radius 2 is 2.35 bits per heavy atom. The first-order chi connectivity index (χ1) is 8.20. The first-order valence-corrected chi connectivity index (χ1v) is 6.11. The highest BCUT2D eigenvalue weighted by molar-refractivity contribution is 5.36. The number of anilines is 1. The number of nitrogens with zero attached hydrogens (tertiary/aromatic N) is 2. The molecule has 0 unspecified atom stereocenters. The Hall–Kier alpha value is -1.36. The minimum atomic E-state index is -0.0693. The molecule has 1 aliphatic rings. The number of rotatable bonds is 6. The Kier molecular flexibility index (Phi) is 3.78. The topological polar surface area (TPSA) is 58.2 Å². The lowest BCUT2D eigenvalue weighted by atomic mass is 10.4. The van der Waals surface area contributed by atoms with Crippen LogP contribution in [0.1, 0.15) is 31.5 Å². The van der Waals surface area contributed by atoms with Crippen molar-refractivity contribution < 1.29 is 4.74 Å². The average Bonchev–Trinajstić information content (AvgIpc) is 3.12. The normalized spacial score (nSPS) is 14.9. The van der Waals surface area contributed by atoms with Crippen LogP contribution in [0, 0.1) is 0 Å². The molecule has 17 heavy (non-hydrogen) atoms. The molecule has 0 spiro atoms. The maximum Gasteiger partial charge on any atom is 0.252 e. The Morgan fingerprint density at radius 1 is 1.59 bits per heavy atom. The van der Waals surface area contributed by atoms with Gasteiger partial charge in [-0.1, -0.05) is 0 Å². The molecular weight excluding hydrogens is 218 g/mol. The third-order valence-electron chi connectivity index (χ3n) is 2.88. The van der Waals surface area contributed by atoms with Crippen molar-refractivity contribution in [3.8, 4) is 0 Å². The number of aromatic amines is 1. The van der Waals surface area contributed by atoms with E-state index in [2.05, 4.69) is 9.97 Å². The van der Waals surface area contributed by atoms with Crippen LogP contribution in [0.4, 0.5) is 5.82 Å². The Morgan fingerprint density at radius 3 is 3.00 bits per heavy atom. The van der Waals surface area contributed by atoms with Crippen molar-refractivity contribution in [1.82, 2.24) is 9.97 Å². The lowest BCUT2D eigenvalue weighted by molar-refractivity contribution is 0.154. The molecule has 94 valence electrons. The molecular formula is C12H19N3O2. The van der Waals surface area contributed by atoms with Crippen molar-refractivity contribution in [3.63, 3.8) is 0 Å². The summed E-state index contributed by atoms with van der Waals surface area (Å²) >= 11 is 0. The van der Waals surface area contributed by atoms with Gasteiger partial charge in [0.1, 0.15) is 11.6 Å². The average molecular weight is 237 g/mol. The molecule has 0 aromatic carbocycles. The van der Waals surface area contributed by atoms with E-state index in [0.29, 0.717) is 19.1 Å². The maximum absolute atomic E-state index is 11.5. The molecule has 0 radical (unpaired) electrons. The molecule has 1 aromatic rings. The third kappa shape index (κ3) is 3.30. The predicted molar refractivity (Wildman–Crippen MR) is 66.6 cm³/mol. The summed E-state index contributed by atoms with van der Waals surface area (Å²) in [5.74, 6) is 2.02. The molecule has 1 heterocycles. The van der Waals surface area contributed by atoms with Gasteiger partial charge in [-0.2, -0.15) is 0 Å². The van der Waals surface area contributed by atoms with Gasteiger partial charge in [-0.05, 0) is 19.8 Å². The van der Waals surface area contributed by atoms with Crippen LogP contribution in [0.2, 0.25) is 0 Å². The van der Waals surface area contributed by atoms with E-state index in [-0.39, 0.29) is 5.56 Å². The molecule has 0 aliphatic heterocycles. The van der Waals surface area contributed by atoms with Crippen LogP contribution in [0.15, 0.2) is 10.9 Å². The molecule has 0 atom stereocenters. The van der Waals surface area contributed by atoms with Crippen molar-refractivity contribution in [1.29, 1.82) is 0 Å². The van der Waals surface area contributed by atoms with E-state index in [0.717, 1.165) is 31.0 Å². The first-order valence-electron chi connectivity index (χ1n) is 6.11. The second kappa shape index (κ2) is 5.31. The third-order valence-corrected chi connectivity index (χ3v) is 2.88. The summed E-state index contributed by atoms with van der Waals surface area (Å²) in [6.07, 6.45) is 2.27. The summed E-state index contributed by atoms with van der Waals surface area (Å²) in [6, 6.07) is 1.54. The summed E-state index contributed by atoms with van der Waals surface area (Å²) in [5, 5.41) is 0. The van der Waals surface area contributed by atoms with Crippen LogP contribution in [0.25, 0.3) is 0 Å². The number of hydrogen-bond acceptors (Lipinski definition) is 4. The molecule has 5 nitrogen and oxygen atoms in total. The van der Waals surface area contributed by atoms with E-state index < -0.39 is 0 Å². The number of hydrogen-bond donors (Lipinski definition) is 1. The van der Waals surface area contributed by atoms with Gasteiger partial charge in [0.15, 0.2) is 0 Å². The zero-order valence-electron chi connectivity index (χ0n) is 10.4. The van der Waals surface area contributed by atoms with Crippen molar-refractivity contribution in [2.24, 2.45) is 0 Å². The Balaban J connectivity index is 2.05. The zero-order valence-corrected chi connectivity index (χ0v) is 10.4. The fourth-order valence-electron chi connectivity index (χ4n) is 1.67. The SMILES string of the molecule is CCOCCN(C)c1cc(=O)[nH]c(C2CC2)n1. The molecule has 0 amide bonds. The molecule has 1 aliphatic carbocycles. The molecule has 2 rings (SSSR count). The van der Waals surface area contributed by atoms with E-state index in [1.165, 1.54) is 6.07 Å². The number of ether oxygens (including phenoxy) is 1. The van der Waals surface area contributed by atoms with Gasteiger partial charge < -0.3 is 14.6 Å². The fourth-order valence-corrected chi connectivity index (χ4v) is 1.67. The Labute approximate surface area is 101 Å². The molecule has 5 heteroatoms. The highest BCUT2D eigenvalue weighted by Crippen LogP contribution is 2.37. The van der Waals surface area contributed by atoms with Gasteiger partial charge in [-0.25, -0.2) is 4.98 Å². The van der Waals surface area contributed by atoms with Gasteiger partial charge in [0.05, 0.1) is 6.61 Å². The van der Waals surface area contributed by atoms with Crippen LogP contribution >= 0.6 is 0 Å². The lowest BCUT2D eigenvalue weighted by Gasteiger charge is -2.18. The maximum atomic E-state index is 11.5. The second-order valence-corrected chi connectivity index (χ2v) is 4.38. The van der Waals surface area contributed by atoms with Crippen molar-refractivity contribution >= 4 is 5.82 Å². The summed E-state index contributed by atoms with van der Waals surface area (Å²) < 4.78 is 5.29. The number of H-pyrrole nitrogens is 1. The van der Waals surface area contributed by atoms with Crippen LogP contribution in [0.3, 0.4) is 0 Å². The smallest absolute Gasteiger partial charge is 0.252 e. The van der Waals surface area contributed by atoms with Crippen LogP contribution in [-0.2, 0) is 4.74 Å². The predicted octanol–water partition coefficient (Wildman–Crippen LogP) is 1.12. The molecule has 0 saturated heterocycles. The number of aromatic nitrogens is 2. The minimum Gasteiger partial charge on any atom is -0.380 e. The first kappa shape index (κ1) is 12.1. The monoisotopic (exact) mass is 237 g/mol. The standard InChI is InChI=1S/C12H19N3O2/c1-3-17-7-6-15(2)10-8-11(16)14-12(13-10)9-4-5-9/h8-9H,3-7H2,1-2H3,(H,13,14,16). The van der Waals surface area contributed by atoms with Gasteiger partial charge in [-0.3, -0.25) is 4.79 Å². The van der Waals surface area contributed by atoms with Crippen molar-refractivity contribution in [2.45, 2.75) is 25.7 Å². The highest BCUT2D eigenvalue weighted by atomic mass is 16.5. The quantitative estimate of drug-likeness (QED) is 0.753. The van der Waals surface area contributed by atoms with Gasteiger partial charge in [-0.15, -0.1) is 0 Å². The van der Waals surface area contributed by atoms with Gasteiger partial charge in [0.2, 0.25) is 0 Å².